The van der Waals surface area contributed by atoms with Crippen LogP contribution in [0.2, 0.25) is 0 Å². The van der Waals surface area contributed by atoms with Crippen molar-refractivity contribution in [1.82, 2.24) is 15.5 Å². The van der Waals surface area contributed by atoms with Crippen molar-refractivity contribution in [3.8, 4) is 0 Å². The van der Waals surface area contributed by atoms with E-state index in [4.69, 9.17) is 4.74 Å². The van der Waals surface area contributed by atoms with E-state index in [1.807, 2.05) is 6.92 Å². The third kappa shape index (κ3) is 5.34. The van der Waals surface area contributed by atoms with Crippen molar-refractivity contribution < 1.29 is 9.53 Å². The number of hydrogen-bond acceptors (Lipinski definition) is 4. The summed E-state index contributed by atoms with van der Waals surface area (Å²) in [7, 11) is 0. The molecule has 0 bridgehead atoms. The van der Waals surface area contributed by atoms with Crippen LogP contribution >= 0.6 is 0 Å². The molecular formula is C19H30N4O2. The number of nitrogens with one attached hydrogen (secondary N) is 2. The normalized spacial score (nSPS) is 19.6. The number of nitrogens with zero attached hydrogens (tertiary/aromatic N) is 2. The zero-order valence-corrected chi connectivity index (χ0v) is 15.2. The van der Waals surface area contributed by atoms with Crippen LogP contribution in [0.25, 0.3) is 0 Å². The van der Waals surface area contributed by atoms with Crippen molar-refractivity contribution in [2.24, 2.45) is 0 Å². The lowest BCUT2D eigenvalue weighted by molar-refractivity contribution is 0.0387. The van der Waals surface area contributed by atoms with Crippen molar-refractivity contribution in [3.63, 3.8) is 0 Å². The van der Waals surface area contributed by atoms with Crippen LogP contribution in [0.3, 0.4) is 0 Å². The van der Waals surface area contributed by atoms with E-state index in [0.717, 1.165) is 51.5 Å². The predicted molar refractivity (Wildman–Crippen MR) is 100 cm³/mol. The summed E-state index contributed by atoms with van der Waals surface area (Å²) in [5.74, 6) is 0. The molecule has 0 aliphatic carbocycles. The zero-order valence-electron chi connectivity index (χ0n) is 15.2. The third-order valence-corrected chi connectivity index (χ3v) is 5.01. The van der Waals surface area contributed by atoms with E-state index in [1.54, 1.807) is 0 Å². The Labute approximate surface area is 150 Å². The summed E-state index contributed by atoms with van der Waals surface area (Å²) in [6.45, 7) is 9.30. The Morgan fingerprint density at radius 1 is 1.20 bits per heavy atom. The van der Waals surface area contributed by atoms with E-state index in [-0.39, 0.29) is 12.1 Å². The molecule has 0 saturated carbocycles. The van der Waals surface area contributed by atoms with Gasteiger partial charge in [0.25, 0.3) is 0 Å². The molecule has 2 amide bonds. The van der Waals surface area contributed by atoms with Gasteiger partial charge in [-0.05, 0) is 37.5 Å². The highest BCUT2D eigenvalue weighted by molar-refractivity contribution is 5.74. The lowest BCUT2D eigenvalue weighted by Crippen LogP contribution is -2.44. The Morgan fingerprint density at radius 3 is 2.72 bits per heavy atom. The SMILES string of the molecule is C[C@@H](NC(=O)NCCN1CCOCC1)c1cccc(N2CCCC2)c1. The summed E-state index contributed by atoms with van der Waals surface area (Å²) in [4.78, 5) is 16.9. The van der Waals surface area contributed by atoms with Gasteiger partial charge in [-0.1, -0.05) is 12.1 Å². The molecule has 0 spiro atoms. The molecule has 2 aliphatic heterocycles. The average molecular weight is 346 g/mol. The van der Waals surface area contributed by atoms with Crippen molar-refractivity contribution in [2.75, 3.05) is 57.4 Å². The Bertz CT molecular complexity index is 554. The lowest BCUT2D eigenvalue weighted by Gasteiger charge is -2.26. The number of benzene rings is 1. The predicted octanol–water partition coefficient (Wildman–Crippen LogP) is 1.98. The van der Waals surface area contributed by atoms with Crippen LogP contribution < -0.4 is 15.5 Å². The molecule has 2 N–H and O–H groups in total. The topological polar surface area (TPSA) is 56.8 Å². The molecule has 0 unspecified atom stereocenters. The van der Waals surface area contributed by atoms with Gasteiger partial charge in [-0.2, -0.15) is 0 Å². The van der Waals surface area contributed by atoms with E-state index >= 15 is 0 Å². The van der Waals surface area contributed by atoms with Gasteiger partial charge in [0.1, 0.15) is 0 Å². The van der Waals surface area contributed by atoms with Gasteiger partial charge in [0.15, 0.2) is 0 Å². The molecule has 25 heavy (non-hydrogen) atoms. The largest absolute Gasteiger partial charge is 0.379 e. The number of hydrogen-bond donors (Lipinski definition) is 2. The van der Waals surface area contributed by atoms with Crippen LogP contribution in [-0.4, -0.2) is 63.4 Å². The van der Waals surface area contributed by atoms with Crippen LogP contribution in [0.4, 0.5) is 10.5 Å². The van der Waals surface area contributed by atoms with Crippen molar-refractivity contribution in [2.45, 2.75) is 25.8 Å². The maximum Gasteiger partial charge on any atom is 0.315 e. The molecule has 1 aromatic rings. The van der Waals surface area contributed by atoms with E-state index in [2.05, 4.69) is 44.7 Å². The van der Waals surface area contributed by atoms with E-state index in [0.29, 0.717) is 6.54 Å². The molecule has 138 valence electrons. The summed E-state index contributed by atoms with van der Waals surface area (Å²) in [5, 5.41) is 6.00. The summed E-state index contributed by atoms with van der Waals surface area (Å²) in [6, 6.07) is 8.40. The van der Waals surface area contributed by atoms with Crippen molar-refractivity contribution in [3.05, 3.63) is 29.8 Å². The second-order valence-electron chi connectivity index (χ2n) is 6.87. The number of amides is 2. The molecule has 6 nitrogen and oxygen atoms in total. The molecule has 0 radical (unpaired) electrons. The number of ether oxygens (including phenoxy) is 1. The van der Waals surface area contributed by atoms with Gasteiger partial charge in [-0.15, -0.1) is 0 Å². The number of morpholine rings is 1. The fraction of sp³-hybridized carbons (Fsp3) is 0.632. The standard InChI is InChI=1S/C19H30N4O2/c1-16(17-5-4-6-18(15-17)23-8-2-3-9-23)21-19(24)20-7-10-22-11-13-25-14-12-22/h4-6,15-16H,2-3,7-14H2,1H3,(H2,20,21,24)/t16-/m1/s1. The molecule has 2 saturated heterocycles. The molecule has 2 fully saturated rings. The highest BCUT2D eigenvalue weighted by atomic mass is 16.5. The summed E-state index contributed by atoms with van der Waals surface area (Å²) in [6.07, 6.45) is 2.53. The molecular weight excluding hydrogens is 316 g/mol. The Hall–Kier alpha value is -1.79. The number of urea groups is 1. The Kier molecular flexibility index (Phi) is 6.53. The Morgan fingerprint density at radius 2 is 1.96 bits per heavy atom. The number of anilines is 1. The molecule has 1 aromatic carbocycles. The van der Waals surface area contributed by atoms with E-state index in [1.165, 1.54) is 18.5 Å². The number of rotatable bonds is 6. The van der Waals surface area contributed by atoms with Gasteiger partial charge in [-0.25, -0.2) is 4.79 Å². The molecule has 0 aromatic heterocycles. The van der Waals surface area contributed by atoms with Gasteiger partial charge in [0.05, 0.1) is 19.3 Å². The van der Waals surface area contributed by atoms with Crippen LogP contribution in [0.15, 0.2) is 24.3 Å². The average Bonchev–Trinajstić information content (AvgIpc) is 3.17. The van der Waals surface area contributed by atoms with Crippen LogP contribution in [0, 0.1) is 0 Å². The second kappa shape index (κ2) is 9.06. The van der Waals surface area contributed by atoms with Gasteiger partial charge in [0.2, 0.25) is 0 Å². The molecule has 6 heteroatoms. The quantitative estimate of drug-likeness (QED) is 0.827. The first-order chi connectivity index (χ1) is 12.2. The van der Waals surface area contributed by atoms with Crippen LogP contribution in [-0.2, 0) is 4.74 Å². The van der Waals surface area contributed by atoms with Crippen molar-refractivity contribution in [1.29, 1.82) is 0 Å². The Balaban J connectivity index is 1.43. The maximum atomic E-state index is 12.1. The first-order valence-corrected chi connectivity index (χ1v) is 9.42. The maximum absolute atomic E-state index is 12.1. The highest BCUT2D eigenvalue weighted by Gasteiger charge is 2.15. The van der Waals surface area contributed by atoms with Crippen LogP contribution in [0.1, 0.15) is 31.4 Å². The fourth-order valence-electron chi connectivity index (χ4n) is 3.45. The minimum Gasteiger partial charge on any atom is -0.379 e. The summed E-state index contributed by atoms with van der Waals surface area (Å²) >= 11 is 0. The first kappa shape index (κ1) is 18.0. The van der Waals surface area contributed by atoms with E-state index in [9.17, 15) is 4.79 Å². The molecule has 2 aliphatic rings. The van der Waals surface area contributed by atoms with Crippen LogP contribution in [0.5, 0.6) is 0 Å². The highest BCUT2D eigenvalue weighted by Crippen LogP contribution is 2.23. The fourth-order valence-corrected chi connectivity index (χ4v) is 3.45. The molecule has 1 atom stereocenters. The smallest absolute Gasteiger partial charge is 0.315 e. The summed E-state index contributed by atoms with van der Waals surface area (Å²) < 4.78 is 5.33. The van der Waals surface area contributed by atoms with E-state index < -0.39 is 0 Å². The van der Waals surface area contributed by atoms with Gasteiger partial charge in [-0.3, -0.25) is 4.90 Å². The van der Waals surface area contributed by atoms with Gasteiger partial charge in [0, 0.05) is 45.0 Å². The summed E-state index contributed by atoms with van der Waals surface area (Å²) in [5.41, 5.74) is 2.41. The molecule has 3 rings (SSSR count). The minimum absolute atomic E-state index is 0.00839. The third-order valence-electron chi connectivity index (χ3n) is 5.01. The monoisotopic (exact) mass is 346 g/mol. The van der Waals surface area contributed by atoms with Gasteiger partial charge >= 0.3 is 6.03 Å². The minimum atomic E-state index is -0.104. The number of carbonyl (C=O) groups excluding carboxylic acids is 1. The second-order valence-corrected chi connectivity index (χ2v) is 6.87. The zero-order chi connectivity index (χ0) is 17.5. The van der Waals surface area contributed by atoms with Crippen molar-refractivity contribution >= 4 is 11.7 Å². The van der Waals surface area contributed by atoms with Gasteiger partial charge < -0.3 is 20.3 Å². The molecule has 2 heterocycles. The first-order valence-electron chi connectivity index (χ1n) is 9.42. The lowest BCUT2D eigenvalue weighted by atomic mass is 10.1. The number of carbonyl (C=O) groups is 1.